The highest BCUT2D eigenvalue weighted by atomic mass is 16.5. The van der Waals surface area contributed by atoms with Crippen LogP contribution in [0.1, 0.15) is 30.8 Å². The monoisotopic (exact) mass is 329 g/mol. The molecule has 1 heterocycles. The molecule has 1 aromatic carbocycles. The zero-order valence-corrected chi connectivity index (χ0v) is 14.4. The van der Waals surface area contributed by atoms with Crippen molar-refractivity contribution in [2.75, 3.05) is 19.5 Å². The summed E-state index contributed by atoms with van der Waals surface area (Å²) in [5, 5.41) is 6.11. The molecule has 0 spiro atoms. The van der Waals surface area contributed by atoms with Crippen LogP contribution < -0.4 is 20.1 Å². The van der Waals surface area contributed by atoms with Crippen LogP contribution >= 0.6 is 0 Å². The molecule has 6 nitrogen and oxygen atoms in total. The molecule has 1 amide bonds. The lowest BCUT2D eigenvalue weighted by molar-refractivity contribution is 0.0934. The maximum atomic E-state index is 12.0. The molecule has 0 bridgehead atoms. The molecule has 1 atom stereocenters. The molecular formula is C18H23N3O3. The average Bonchev–Trinajstić information content (AvgIpc) is 2.61. The number of aromatic nitrogens is 1. The van der Waals surface area contributed by atoms with Gasteiger partial charge in [0.05, 0.1) is 26.1 Å². The van der Waals surface area contributed by atoms with Gasteiger partial charge in [0.15, 0.2) is 11.5 Å². The number of rotatable bonds is 7. The van der Waals surface area contributed by atoms with Crippen molar-refractivity contribution in [2.45, 2.75) is 26.3 Å². The number of pyridine rings is 1. The second kappa shape index (κ2) is 8.19. The van der Waals surface area contributed by atoms with Crippen molar-refractivity contribution in [1.29, 1.82) is 0 Å². The quantitative estimate of drug-likeness (QED) is 0.815. The summed E-state index contributed by atoms with van der Waals surface area (Å²) < 4.78 is 10.5. The van der Waals surface area contributed by atoms with Crippen LogP contribution in [-0.2, 0) is 0 Å². The molecule has 0 fully saturated rings. The fourth-order valence-corrected chi connectivity index (χ4v) is 2.08. The molecule has 0 saturated carbocycles. The normalized spacial score (nSPS) is 11.5. The molecule has 2 rings (SSSR count). The number of carbonyl (C=O) groups is 1. The molecule has 128 valence electrons. The van der Waals surface area contributed by atoms with Gasteiger partial charge in [0, 0.05) is 17.8 Å². The Bertz CT molecular complexity index is 686. The van der Waals surface area contributed by atoms with Gasteiger partial charge < -0.3 is 20.1 Å². The molecule has 2 N–H and O–H groups in total. The highest BCUT2D eigenvalue weighted by molar-refractivity contribution is 5.92. The molecule has 2 aromatic rings. The van der Waals surface area contributed by atoms with Crippen molar-refractivity contribution >= 4 is 17.3 Å². The number of ether oxygens (including phenoxy) is 2. The SMILES string of the molecule is CCC(C)NC(=O)c1ccc(Nc2ccc(OC)c(OC)c2)cn1. The van der Waals surface area contributed by atoms with E-state index in [0.717, 1.165) is 17.8 Å². The fraction of sp³-hybridized carbons (Fsp3) is 0.333. The van der Waals surface area contributed by atoms with Gasteiger partial charge in [-0.05, 0) is 37.6 Å². The topological polar surface area (TPSA) is 72.5 Å². The summed E-state index contributed by atoms with van der Waals surface area (Å²) in [6.45, 7) is 3.99. The van der Waals surface area contributed by atoms with Crippen LogP contribution in [0.15, 0.2) is 36.5 Å². The second-order valence-electron chi connectivity index (χ2n) is 5.41. The van der Waals surface area contributed by atoms with E-state index in [-0.39, 0.29) is 11.9 Å². The lowest BCUT2D eigenvalue weighted by Gasteiger charge is -2.12. The number of anilines is 2. The molecule has 0 aliphatic rings. The summed E-state index contributed by atoms with van der Waals surface area (Å²) >= 11 is 0. The summed E-state index contributed by atoms with van der Waals surface area (Å²) in [4.78, 5) is 16.2. The fourth-order valence-electron chi connectivity index (χ4n) is 2.08. The lowest BCUT2D eigenvalue weighted by Crippen LogP contribution is -2.32. The highest BCUT2D eigenvalue weighted by Crippen LogP contribution is 2.30. The first-order valence-electron chi connectivity index (χ1n) is 7.83. The Hall–Kier alpha value is -2.76. The molecule has 0 saturated heterocycles. The zero-order chi connectivity index (χ0) is 17.5. The summed E-state index contributed by atoms with van der Waals surface area (Å²) in [5.74, 6) is 1.14. The Labute approximate surface area is 142 Å². The van der Waals surface area contributed by atoms with E-state index in [1.807, 2.05) is 38.1 Å². The van der Waals surface area contributed by atoms with Gasteiger partial charge in [-0.2, -0.15) is 0 Å². The van der Waals surface area contributed by atoms with Gasteiger partial charge in [-0.25, -0.2) is 4.98 Å². The van der Waals surface area contributed by atoms with E-state index >= 15 is 0 Å². The molecule has 24 heavy (non-hydrogen) atoms. The number of amides is 1. The Kier molecular flexibility index (Phi) is 6.01. The van der Waals surface area contributed by atoms with Crippen molar-refractivity contribution in [1.82, 2.24) is 10.3 Å². The second-order valence-corrected chi connectivity index (χ2v) is 5.41. The van der Waals surface area contributed by atoms with Gasteiger partial charge in [0.25, 0.3) is 5.91 Å². The molecule has 1 unspecified atom stereocenters. The first kappa shape index (κ1) is 17.6. The lowest BCUT2D eigenvalue weighted by atomic mass is 10.2. The number of methoxy groups -OCH3 is 2. The predicted molar refractivity (Wildman–Crippen MR) is 94.3 cm³/mol. The Morgan fingerprint density at radius 1 is 1.12 bits per heavy atom. The summed E-state index contributed by atoms with van der Waals surface area (Å²) in [5.41, 5.74) is 2.02. The zero-order valence-electron chi connectivity index (χ0n) is 14.4. The van der Waals surface area contributed by atoms with Crippen molar-refractivity contribution < 1.29 is 14.3 Å². The van der Waals surface area contributed by atoms with Crippen molar-refractivity contribution in [3.63, 3.8) is 0 Å². The van der Waals surface area contributed by atoms with Gasteiger partial charge in [-0.1, -0.05) is 6.92 Å². The maximum Gasteiger partial charge on any atom is 0.270 e. The molecule has 6 heteroatoms. The summed E-state index contributed by atoms with van der Waals surface area (Å²) in [6, 6.07) is 9.18. The first-order chi connectivity index (χ1) is 11.6. The van der Waals surface area contributed by atoms with Crippen LogP contribution in [0.25, 0.3) is 0 Å². The molecular weight excluding hydrogens is 306 g/mol. The van der Waals surface area contributed by atoms with Crippen molar-refractivity contribution in [3.8, 4) is 11.5 Å². The van der Waals surface area contributed by atoms with Gasteiger partial charge >= 0.3 is 0 Å². The Balaban J connectivity index is 2.07. The Morgan fingerprint density at radius 3 is 2.42 bits per heavy atom. The highest BCUT2D eigenvalue weighted by Gasteiger charge is 2.10. The molecule has 0 radical (unpaired) electrons. The molecule has 0 aliphatic heterocycles. The van der Waals surface area contributed by atoms with Crippen LogP contribution in [0.5, 0.6) is 11.5 Å². The van der Waals surface area contributed by atoms with E-state index in [1.165, 1.54) is 0 Å². The number of nitrogens with one attached hydrogen (secondary N) is 2. The van der Waals surface area contributed by atoms with Crippen LogP contribution in [0, 0.1) is 0 Å². The van der Waals surface area contributed by atoms with E-state index in [9.17, 15) is 4.79 Å². The minimum atomic E-state index is -0.165. The first-order valence-corrected chi connectivity index (χ1v) is 7.83. The third-order valence-corrected chi connectivity index (χ3v) is 3.66. The van der Waals surface area contributed by atoms with Crippen LogP contribution in [0.4, 0.5) is 11.4 Å². The van der Waals surface area contributed by atoms with Crippen LogP contribution in [0.2, 0.25) is 0 Å². The average molecular weight is 329 g/mol. The number of benzene rings is 1. The third-order valence-electron chi connectivity index (χ3n) is 3.66. The van der Waals surface area contributed by atoms with Crippen LogP contribution in [-0.4, -0.2) is 31.2 Å². The summed E-state index contributed by atoms with van der Waals surface area (Å²) in [7, 11) is 3.19. The van der Waals surface area contributed by atoms with E-state index in [0.29, 0.717) is 17.2 Å². The van der Waals surface area contributed by atoms with E-state index in [2.05, 4.69) is 15.6 Å². The van der Waals surface area contributed by atoms with E-state index in [1.54, 1.807) is 26.5 Å². The number of nitrogens with zero attached hydrogens (tertiary/aromatic N) is 1. The minimum absolute atomic E-state index is 0.129. The Morgan fingerprint density at radius 2 is 1.83 bits per heavy atom. The van der Waals surface area contributed by atoms with Crippen LogP contribution in [0.3, 0.4) is 0 Å². The van der Waals surface area contributed by atoms with Gasteiger partial charge in [0.2, 0.25) is 0 Å². The van der Waals surface area contributed by atoms with Gasteiger partial charge in [-0.15, -0.1) is 0 Å². The number of hydrogen-bond donors (Lipinski definition) is 2. The maximum absolute atomic E-state index is 12.0. The predicted octanol–water partition coefficient (Wildman–Crippen LogP) is 3.37. The number of carbonyl (C=O) groups excluding carboxylic acids is 1. The molecule has 0 aliphatic carbocycles. The largest absolute Gasteiger partial charge is 0.493 e. The molecule has 1 aromatic heterocycles. The standard InChI is InChI=1S/C18H23N3O3/c1-5-12(2)20-18(22)15-8-6-14(11-19-15)21-13-7-9-16(23-3)17(10-13)24-4/h6-12,21H,5H2,1-4H3,(H,20,22). The van der Waals surface area contributed by atoms with Gasteiger partial charge in [-0.3, -0.25) is 4.79 Å². The third kappa shape index (κ3) is 4.38. The van der Waals surface area contributed by atoms with E-state index < -0.39 is 0 Å². The van der Waals surface area contributed by atoms with Crippen molar-refractivity contribution in [2.24, 2.45) is 0 Å². The van der Waals surface area contributed by atoms with E-state index in [4.69, 9.17) is 9.47 Å². The smallest absolute Gasteiger partial charge is 0.270 e. The number of hydrogen-bond acceptors (Lipinski definition) is 5. The van der Waals surface area contributed by atoms with Gasteiger partial charge in [0.1, 0.15) is 5.69 Å². The minimum Gasteiger partial charge on any atom is -0.493 e. The summed E-state index contributed by atoms with van der Waals surface area (Å²) in [6.07, 6.45) is 2.51. The van der Waals surface area contributed by atoms with Crippen molar-refractivity contribution in [3.05, 3.63) is 42.2 Å².